The summed E-state index contributed by atoms with van der Waals surface area (Å²) in [6.45, 7) is 4.02. The van der Waals surface area contributed by atoms with Crippen LogP contribution in [0, 0.1) is 0 Å². The average molecular weight is 318 g/mol. The van der Waals surface area contributed by atoms with Gasteiger partial charge in [0, 0.05) is 6.20 Å². The third-order valence-electron chi connectivity index (χ3n) is 2.29. The van der Waals surface area contributed by atoms with Crippen LogP contribution in [0.2, 0.25) is 0 Å². The molecule has 0 unspecified atom stereocenters. The van der Waals surface area contributed by atoms with Gasteiger partial charge in [0.15, 0.2) is 0 Å². The molecule has 0 aromatic carbocycles. The molecular formula is C12H16BrNO4. The van der Waals surface area contributed by atoms with Crippen LogP contribution in [0.4, 0.5) is 0 Å². The molecule has 1 atom stereocenters. The van der Waals surface area contributed by atoms with E-state index in [0.717, 1.165) is 0 Å². The monoisotopic (exact) mass is 317 g/mol. The van der Waals surface area contributed by atoms with Crippen LogP contribution in [0.15, 0.2) is 22.9 Å². The highest BCUT2D eigenvalue weighted by Gasteiger charge is 2.26. The lowest BCUT2D eigenvalue weighted by Crippen LogP contribution is -2.25. The molecule has 0 aliphatic carbocycles. The van der Waals surface area contributed by atoms with Crippen LogP contribution >= 0.6 is 15.9 Å². The summed E-state index contributed by atoms with van der Waals surface area (Å²) in [4.78, 5) is 23.4. The van der Waals surface area contributed by atoms with E-state index in [4.69, 9.17) is 9.47 Å². The number of rotatable bonds is 6. The number of carbonyl (C=O) groups is 2. The van der Waals surface area contributed by atoms with Crippen LogP contribution in [-0.4, -0.2) is 29.7 Å². The molecule has 0 radical (unpaired) electrons. The second-order valence-corrected chi connectivity index (χ2v) is 4.33. The van der Waals surface area contributed by atoms with Crippen LogP contribution in [-0.2, 0) is 19.1 Å². The quantitative estimate of drug-likeness (QED) is 0.755. The molecule has 0 N–H and O–H groups in total. The molecule has 0 fully saturated rings. The van der Waals surface area contributed by atoms with Crippen LogP contribution in [0.25, 0.3) is 0 Å². The van der Waals surface area contributed by atoms with Gasteiger partial charge in [-0.1, -0.05) is 0 Å². The minimum atomic E-state index is -0.701. The van der Waals surface area contributed by atoms with Gasteiger partial charge in [0.2, 0.25) is 0 Å². The van der Waals surface area contributed by atoms with E-state index in [-0.39, 0.29) is 13.0 Å². The van der Waals surface area contributed by atoms with E-state index in [2.05, 4.69) is 15.9 Å². The van der Waals surface area contributed by atoms with Gasteiger partial charge in [0.1, 0.15) is 6.04 Å². The first-order valence-corrected chi connectivity index (χ1v) is 6.54. The largest absolute Gasteiger partial charge is 0.466 e. The highest BCUT2D eigenvalue weighted by atomic mass is 79.9. The Morgan fingerprint density at radius 3 is 2.50 bits per heavy atom. The van der Waals surface area contributed by atoms with Crippen molar-refractivity contribution in [1.29, 1.82) is 0 Å². The Morgan fingerprint density at radius 2 is 2.00 bits per heavy atom. The second kappa shape index (κ2) is 7.20. The summed E-state index contributed by atoms with van der Waals surface area (Å²) in [7, 11) is 0. The number of ether oxygens (including phenoxy) is 2. The molecule has 100 valence electrons. The van der Waals surface area contributed by atoms with Gasteiger partial charge in [-0.2, -0.15) is 0 Å². The van der Waals surface area contributed by atoms with Crippen molar-refractivity contribution >= 4 is 27.9 Å². The Morgan fingerprint density at radius 1 is 1.33 bits per heavy atom. The van der Waals surface area contributed by atoms with Gasteiger partial charge in [-0.3, -0.25) is 4.79 Å². The fourth-order valence-corrected chi connectivity index (χ4v) is 2.05. The van der Waals surface area contributed by atoms with Gasteiger partial charge in [-0.15, -0.1) is 0 Å². The van der Waals surface area contributed by atoms with E-state index in [9.17, 15) is 9.59 Å². The maximum Gasteiger partial charge on any atom is 0.329 e. The van der Waals surface area contributed by atoms with E-state index >= 15 is 0 Å². The molecule has 1 heterocycles. The molecule has 0 aliphatic heterocycles. The van der Waals surface area contributed by atoms with E-state index in [1.165, 1.54) is 0 Å². The molecule has 0 spiro atoms. The van der Waals surface area contributed by atoms with Gasteiger partial charge < -0.3 is 14.0 Å². The highest BCUT2D eigenvalue weighted by molar-refractivity contribution is 9.10. The summed E-state index contributed by atoms with van der Waals surface area (Å²) < 4.78 is 12.2. The molecule has 0 bridgehead atoms. The molecule has 6 heteroatoms. The van der Waals surface area contributed by atoms with Crippen molar-refractivity contribution in [1.82, 2.24) is 4.57 Å². The molecule has 1 rings (SSSR count). The summed E-state index contributed by atoms with van der Waals surface area (Å²) in [5.41, 5.74) is 0. The number of hydrogen-bond acceptors (Lipinski definition) is 4. The van der Waals surface area contributed by atoms with E-state index < -0.39 is 18.0 Å². The van der Waals surface area contributed by atoms with Crippen molar-refractivity contribution in [3.05, 3.63) is 22.9 Å². The predicted molar refractivity (Wildman–Crippen MR) is 69.1 cm³/mol. The fraction of sp³-hybridized carbons (Fsp3) is 0.500. The zero-order valence-electron chi connectivity index (χ0n) is 10.4. The summed E-state index contributed by atoms with van der Waals surface area (Å²) >= 11 is 3.32. The lowest BCUT2D eigenvalue weighted by Gasteiger charge is -2.17. The molecule has 0 aliphatic rings. The highest BCUT2D eigenvalue weighted by Crippen LogP contribution is 2.22. The number of carbonyl (C=O) groups excluding carboxylic acids is 2. The lowest BCUT2D eigenvalue weighted by molar-refractivity contribution is -0.153. The molecular weight excluding hydrogens is 302 g/mol. The van der Waals surface area contributed by atoms with Gasteiger partial charge in [0.05, 0.1) is 24.2 Å². The van der Waals surface area contributed by atoms with Crippen LogP contribution in [0.1, 0.15) is 26.3 Å². The van der Waals surface area contributed by atoms with Crippen LogP contribution in [0.5, 0.6) is 0 Å². The predicted octanol–water partition coefficient (Wildman–Crippen LogP) is 2.31. The number of halogens is 1. The SMILES string of the molecule is CCOC(=O)C[C@H](C(=O)OCC)n1cccc1Br. The summed E-state index contributed by atoms with van der Waals surface area (Å²) in [6.07, 6.45) is 1.67. The fourth-order valence-electron chi connectivity index (χ4n) is 1.54. The minimum Gasteiger partial charge on any atom is -0.466 e. The number of nitrogens with zero attached hydrogens (tertiary/aromatic N) is 1. The Labute approximate surface area is 114 Å². The third-order valence-corrected chi connectivity index (χ3v) is 2.96. The maximum absolute atomic E-state index is 11.9. The molecule has 0 saturated heterocycles. The van der Waals surface area contributed by atoms with Crippen molar-refractivity contribution in [3.63, 3.8) is 0 Å². The Bertz CT molecular complexity index is 416. The Hall–Kier alpha value is -1.30. The standard InChI is InChI=1S/C12H16BrNO4/c1-3-17-11(15)8-9(12(16)18-4-2)14-7-5-6-10(14)13/h5-7,9H,3-4,8H2,1-2H3/t9-/m1/s1. The number of aromatic nitrogens is 1. The summed E-state index contributed by atoms with van der Waals surface area (Å²) in [6, 6.07) is 2.87. The lowest BCUT2D eigenvalue weighted by atomic mass is 10.2. The first-order chi connectivity index (χ1) is 8.60. The first-order valence-electron chi connectivity index (χ1n) is 5.74. The van der Waals surface area contributed by atoms with Gasteiger partial charge >= 0.3 is 11.9 Å². The van der Waals surface area contributed by atoms with Crippen molar-refractivity contribution in [3.8, 4) is 0 Å². The van der Waals surface area contributed by atoms with Crippen molar-refractivity contribution in [2.75, 3.05) is 13.2 Å². The molecule has 18 heavy (non-hydrogen) atoms. The Balaban J connectivity index is 2.85. The van der Waals surface area contributed by atoms with Crippen molar-refractivity contribution in [2.45, 2.75) is 26.3 Å². The van der Waals surface area contributed by atoms with Crippen LogP contribution in [0.3, 0.4) is 0 Å². The molecule has 1 aromatic rings. The minimum absolute atomic E-state index is 0.0417. The third kappa shape index (κ3) is 3.87. The molecule has 0 saturated carbocycles. The summed E-state index contributed by atoms with van der Waals surface area (Å²) in [5.74, 6) is -0.862. The second-order valence-electron chi connectivity index (χ2n) is 3.52. The normalized spacial score (nSPS) is 11.9. The zero-order valence-corrected chi connectivity index (χ0v) is 12.0. The number of hydrogen-bond donors (Lipinski definition) is 0. The molecule has 0 amide bonds. The van der Waals surface area contributed by atoms with Gasteiger partial charge in [-0.25, -0.2) is 4.79 Å². The Kier molecular flexibility index (Phi) is 5.91. The van der Waals surface area contributed by atoms with E-state index in [1.807, 2.05) is 0 Å². The molecule has 5 nitrogen and oxygen atoms in total. The van der Waals surface area contributed by atoms with Gasteiger partial charge in [0.25, 0.3) is 0 Å². The topological polar surface area (TPSA) is 57.5 Å². The number of esters is 2. The summed E-state index contributed by atoms with van der Waals surface area (Å²) in [5, 5.41) is 0. The smallest absolute Gasteiger partial charge is 0.329 e. The van der Waals surface area contributed by atoms with Crippen molar-refractivity contribution in [2.24, 2.45) is 0 Å². The zero-order chi connectivity index (χ0) is 13.5. The maximum atomic E-state index is 11.9. The average Bonchev–Trinajstić information content (AvgIpc) is 2.73. The molecule has 1 aromatic heterocycles. The van der Waals surface area contributed by atoms with Gasteiger partial charge in [-0.05, 0) is 41.9 Å². The van der Waals surface area contributed by atoms with E-state index in [1.54, 1.807) is 36.7 Å². The first kappa shape index (κ1) is 14.8. The van der Waals surface area contributed by atoms with Crippen LogP contribution < -0.4 is 0 Å². The van der Waals surface area contributed by atoms with Crippen molar-refractivity contribution < 1.29 is 19.1 Å². The van der Waals surface area contributed by atoms with E-state index in [0.29, 0.717) is 11.2 Å².